The molecule has 0 unspecified atom stereocenters. The minimum absolute atomic E-state index is 0.0951. The van der Waals surface area contributed by atoms with E-state index in [1.54, 1.807) is 44.7 Å². The first kappa shape index (κ1) is 24.6. The Balaban J connectivity index is 2.96. The number of amides is 2. The summed E-state index contributed by atoms with van der Waals surface area (Å²) in [5.41, 5.74) is -0.00552. The predicted molar refractivity (Wildman–Crippen MR) is 112 cm³/mol. The van der Waals surface area contributed by atoms with E-state index in [1.165, 1.54) is 19.2 Å². The van der Waals surface area contributed by atoms with Crippen LogP contribution in [0.15, 0.2) is 24.3 Å². The van der Waals surface area contributed by atoms with Crippen LogP contribution in [0.3, 0.4) is 0 Å². The number of hydrogen-bond acceptors (Lipinski definition) is 7. The van der Waals surface area contributed by atoms with Crippen molar-refractivity contribution < 1.29 is 29.0 Å². The molecular weight excluding hydrogens is 396 g/mol. The van der Waals surface area contributed by atoms with Crippen LogP contribution in [0.1, 0.15) is 32.8 Å². The number of thioether (sulfide) groups is 1. The fourth-order valence-electron chi connectivity index (χ4n) is 2.43. The first-order chi connectivity index (χ1) is 13.6. The standard InChI is InChI=1S/C20H30N2O6S/c1-20(2,3)28-19(26)22-16(12-13-6-8-14(23)9-7-13)17(24)21-15(10-11-29-5)18(25)27-4/h6-9,15-16,23H,10-12H2,1-5H3,(H,21,24)(H,22,26)/t15-,16+/m1/s1. The van der Waals surface area contributed by atoms with Gasteiger partial charge in [0.2, 0.25) is 5.91 Å². The molecule has 0 aliphatic heterocycles. The summed E-state index contributed by atoms with van der Waals surface area (Å²) in [6, 6.07) is 4.50. The summed E-state index contributed by atoms with van der Waals surface area (Å²) in [6.07, 6.45) is 1.71. The van der Waals surface area contributed by atoms with Gasteiger partial charge in [0.1, 0.15) is 23.4 Å². The zero-order valence-electron chi connectivity index (χ0n) is 17.5. The average Bonchev–Trinajstić information content (AvgIpc) is 2.63. The van der Waals surface area contributed by atoms with Crippen LogP contribution in [0.4, 0.5) is 4.79 Å². The lowest BCUT2D eigenvalue weighted by Crippen LogP contribution is -2.53. The Morgan fingerprint density at radius 2 is 1.72 bits per heavy atom. The minimum Gasteiger partial charge on any atom is -0.508 e. The zero-order chi connectivity index (χ0) is 22.0. The van der Waals surface area contributed by atoms with Crippen molar-refractivity contribution in [2.24, 2.45) is 0 Å². The number of ether oxygens (including phenoxy) is 2. The lowest BCUT2D eigenvalue weighted by Gasteiger charge is -2.25. The fraction of sp³-hybridized carbons (Fsp3) is 0.550. The van der Waals surface area contributed by atoms with E-state index in [0.29, 0.717) is 12.2 Å². The van der Waals surface area contributed by atoms with E-state index in [-0.39, 0.29) is 12.2 Å². The van der Waals surface area contributed by atoms with E-state index >= 15 is 0 Å². The van der Waals surface area contributed by atoms with Crippen LogP contribution >= 0.6 is 11.8 Å². The van der Waals surface area contributed by atoms with Gasteiger partial charge in [0.05, 0.1) is 7.11 Å². The second-order valence-corrected chi connectivity index (χ2v) is 8.42. The van der Waals surface area contributed by atoms with E-state index in [4.69, 9.17) is 9.47 Å². The third-order valence-corrected chi connectivity index (χ3v) is 4.44. The van der Waals surface area contributed by atoms with E-state index in [1.807, 2.05) is 6.26 Å². The quantitative estimate of drug-likeness (QED) is 0.519. The topological polar surface area (TPSA) is 114 Å². The summed E-state index contributed by atoms with van der Waals surface area (Å²) in [6.45, 7) is 5.16. The van der Waals surface area contributed by atoms with Gasteiger partial charge < -0.3 is 25.2 Å². The van der Waals surface area contributed by atoms with Crippen molar-refractivity contribution in [3.05, 3.63) is 29.8 Å². The van der Waals surface area contributed by atoms with Gasteiger partial charge in [-0.1, -0.05) is 12.1 Å². The van der Waals surface area contributed by atoms with Gasteiger partial charge in [0.15, 0.2) is 0 Å². The van der Waals surface area contributed by atoms with Crippen molar-refractivity contribution in [1.29, 1.82) is 0 Å². The second-order valence-electron chi connectivity index (χ2n) is 7.44. The number of methoxy groups -OCH3 is 1. The van der Waals surface area contributed by atoms with Gasteiger partial charge in [0, 0.05) is 6.42 Å². The Kier molecular flexibility index (Phi) is 9.80. The molecule has 0 aliphatic rings. The summed E-state index contributed by atoms with van der Waals surface area (Å²) < 4.78 is 10.0. The number of rotatable bonds is 9. The van der Waals surface area contributed by atoms with Crippen LogP contribution < -0.4 is 10.6 Å². The lowest BCUT2D eigenvalue weighted by atomic mass is 10.0. The number of carbonyl (C=O) groups is 3. The molecule has 0 aliphatic carbocycles. The van der Waals surface area contributed by atoms with Crippen LogP contribution in [0.2, 0.25) is 0 Å². The highest BCUT2D eigenvalue weighted by Crippen LogP contribution is 2.13. The zero-order valence-corrected chi connectivity index (χ0v) is 18.3. The Morgan fingerprint density at radius 3 is 2.24 bits per heavy atom. The number of nitrogens with one attached hydrogen (secondary N) is 2. The van der Waals surface area contributed by atoms with Crippen molar-refractivity contribution in [3.63, 3.8) is 0 Å². The molecule has 0 bridgehead atoms. The molecular formula is C20H30N2O6S. The van der Waals surface area contributed by atoms with Gasteiger partial charge in [-0.3, -0.25) is 4.79 Å². The molecule has 29 heavy (non-hydrogen) atoms. The van der Waals surface area contributed by atoms with Crippen molar-refractivity contribution in [1.82, 2.24) is 10.6 Å². The Morgan fingerprint density at radius 1 is 1.10 bits per heavy atom. The number of esters is 1. The third-order valence-electron chi connectivity index (χ3n) is 3.80. The normalized spacial score (nSPS) is 13.1. The van der Waals surface area contributed by atoms with Gasteiger partial charge in [-0.15, -0.1) is 0 Å². The smallest absolute Gasteiger partial charge is 0.408 e. The highest BCUT2D eigenvalue weighted by molar-refractivity contribution is 7.98. The van der Waals surface area contributed by atoms with Gasteiger partial charge in [0.25, 0.3) is 0 Å². The number of phenolic OH excluding ortho intramolecular Hbond substituents is 1. The van der Waals surface area contributed by atoms with Gasteiger partial charge in [-0.2, -0.15) is 11.8 Å². The second kappa shape index (κ2) is 11.5. The van der Waals surface area contributed by atoms with Crippen LogP contribution in [0.5, 0.6) is 5.75 Å². The summed E-state index contributed by atoms with van der Waals surface area (Å²) >= 11 is 1.54. The number of phenols is 1. The van der Waals surface area contributed by atoms with E-state index < -0.39 is 35.7 Å². The molecule has 9 heteroatoms. The van der Waals surface area contributed by atoms with Crippen LogP contribution in [0, 0.1) is 0 Å². The van der Waals surface area contributed by atoms with E-state index in [2.05, 4.69) is 10.6 Å². The van der Waals surface area contributed by atoms with Gasteiger partial charge in [-0.05, 0) is 56.9 Å². The molecule has 2 atom stereocenters. The van der Waals surface area contributed by atoms with Crippen molar-refractivity contribution in [2.75, 3.05) is 19.1 Å². The molecule has 3 N–H and O–H groups in total. The summed E-state index contributed by atoms with van der Waals surface area (Å²) in [5, 5.41) is 14.7. The molecule has 0 aromatic heterocycles. The Labute approximate surface area is 175 Å². The molecule has 8 nitrogen and oxygen atoms in total. The highest BCUT2D eigenvalue weighted by atomic mass is 32.2. The van der Waals surface area contributed by atoms with Crippen LogP contribution in [-0.2, 0) is 25.5 Å². The molecule has 0 saturated heterocycles. The molecule has 0 heterocycles. The number of carbonyl (C=O) groups excluding carboxylic acids is 3. The first-order valence-electron chi connectivity index (χ1n) is 9.20. The maximum absolute atomic E-state index is 12.9. The summed E-state index contributed by atoms with van der Waals surface area (Å²) in [5.74, 6) is -0.325. The maximum Gasteiger partial charge on any atom is 0.408 e. The molecule has 0 saturated carbocycles. The molecule has 0 fully saturated rings. The molecule has 1 aromatic carbocycles. The largest absolute Gasteiger partial charge is 0.508 e. The van der Waals surface area contributed by atoms with E-state index in [9.17, 15) is 19.5 Å². The van der Waals surface area contributed by atoms with Gasteiger partial charge in [-0.25, -0.2) is 9.59 Å². The number of hydrogen-bond donors (Lipinski definition) is 3. The highest BCUT2D eigenvalue weighted by Gasteiger charge is 2.28. The predicted octanol–water partition coefficient (Wildman–Crippen LogP) is 2.24. The van der Waals surface area contributed by atoms with E-state index in [0.717, 1.165) is 5.56 Å². The molecule has 162 valence electrons. The van der Waals surface area contributed by atoms with Crippen molar-refractivity contribution >= 4 is 29.7 Å². The van der Waals surface area contributed by atoms with Gasteiger partial charge >= 0.3 is 12.1 Å². The summed E-state index contributed by atoms with van der Waals surface area (Å²) in [7, 11) is 1.26. The lowest BCUT2D eigenvalue weighted by molar-refractivity contribution is -0.145. The fourth-order valence-corrected chi connectivity index (χ4v) is 2.90. The number of aromatic hydroxyl groups is 1. The van der Waals surface area contributed by atoms with Crippen molar-refractivity contribution in [2.45, 2.75) is 51.3 Å². The molecule has 0 spiro atoms. The molecule has 1 aromatic rings. The summed E-state index contributed by atoms with van der Waals surface area (Å²) in [4.78, 5) is 37.1. The SMILES string of the molecule is COC(=O)[C@@H](CCSC)NC(=O)[C@H](Cc1ccc(O)cc1)NC(=O)OC(C)(C)C. The third kappa shape index (κ3) is 9.56. The average molecular weight is 427 g/mol. The Hall–Kier alpha value is -2.42. The molecule has 1 rings (SSSR count). The number of benzene rings is 1. The van der Waals surface area contributed by atoms with Crippen molar-refractivity contribution in [3.8, 4) is 5.75 Å². The Bertz CT molecular complexity index is 687. The monoisotopic (exact) mass is 426 g/mol. The first-order valence-corrected chi connectivity index (χ1v) is 10.6. The number of alkyl carbamates (subject to hydrolysis) is 1. The van der Waals surface area contributed by atoms with Crippen LogP contribution in [-0.4, -0.2) is 59.9 Å². The maximum atomic E-state index is 12.9. The molecule has 0 radical (unpaired) electrons. The molecule has 2 amide bonds. The minimum atomic E-state index is -0.976. The van der Waals surface area contributed by atoms with Crippen LogP contribution in [0.25, 0.3) is 0 Å².